The molecule has 0 spiro atoms. The summed E-state index contributed by atoms with van der Waals surface area (Å²) >= 11 is 1.56. The SMILES string of the molecule is CCCNc1cnc(C(=O)NCc2cnc(C)s2)cn1. The van der Waals surface area contributed by atoms with Crippen molar-refractivity contribution in [1.29, 1.82) is 0 Å². The number of carbonyl (C=O) groups is 1. The Kier molecular flexibility index (Phi) is 5.00. The maximum atomic E-state index is 11.9. The molecule has 0 aliphatic heterocycles. The van der Waals surface area contributed by atoms with Crippen molar-refractivity contribution >= 4 is 23.1 Å². The van der Waals surface area contributed by atoms with Gasteiger partial charge in [0.2, 0.25) is 0 Å². The zero-order valence-corrected chi connectivity index (χ0v) is 12.3. The molecule has 0 aromatic carbocycles. The Balaban J connectivity index is 1.88. The van der Waals surface area contributed by atoms with Gasteiger partial charge in [0.15, 0.2) is 0 Å². The van der Waals surface area contributed by atoms with Gasteiger partial charge in [-0.3, -0.25) is 4.79 Å². The van der Waals surface area contributed by atoms with Crippen molar-refractivity contribution in [1.82, 2.24) is 20.3 Å². The van der Waals surface area contributed by atoms with E-state index in [1.54, 1.807) is 23.7 Å². The van der Waals surface area contributed by atoms with E-state index < -0.39 is 0 Å². The summed E-state index contributed by atoms with van der Waals surface area (Å²) in [6, 6.07) is 0. The van der Waals surface area contributed by atoms with Crippen LogP contribution in [0.2, 0.25) is 0 Å². The van der Waals surface area contributed by atoms with Crippen LogP contribution in [0, 0.1) is 6.92 Å². The normalized spacial score (nSPS) is 10.3. The van der Waals surface area contributed by atoms with Crippen LogP contribution in [-0.2, 0) is 6.54 Å². The van der Waals surface area contributed by atoms with E-state index in [4.69, 9.17) is 0 Å². The van der Waals surface area contributed by atoms with Crippen molar-refractivity contribution < 1.29 is 4.79 Å². The second kappa shape index (κ2) is 6.95. The minimum atomic E-state index is -0.231. The highest BCUT2D eigenvalue weighted by molar-refractivity contribution is 7.11. The molecule has 106 valence electrons. The van der Waals surface area contributed by atoms with Crippen LogP contribution in [-0.4, -0.2) is 27.4 Å². The lowest BCUT2D eigenvalue weighted by molar-refractivity contribution is 0.0946. The molecule has 7 heteroatoms. The third-order valence-corrected chi connectivity index (χ3v) is 3.45. The number of nitrogens with zero attached hydrogens (tertiary/aromatic N) is 3. The van der Waals surface area contributed by atoms with E-state index in [9.17, 15) is 4.79 Å². The van der Waals surface area contributed by atoms with Crippen LogP contribution in [0.1, 0.15) is 33.7 Å². The standard InChI is InChI=1S/C13H17N5OS/c1-3-4-14-12-8-16-11(7-17-12)13(19)18-6-10-5-15-9(2)20-10/h5,7-8H,3-4,6H2,1-2H3,(H,14,17)(H,18,19). The maximum absolute atomic E-state index is 11.9. The third-order valence-electron chi connectivity index (χ3n) is 2.53. The number of carbonyl (C=O) groups excluding carboxylic acids is 1. The van der Waals surface area contributed by atoms with Crippen LogP contribution in [0.3, 0.4) is 0 Å². The minimum Gasteiger partial charge on any atom is -0.369 e. The molecule has 0 unspecified atom stereocenters. The zero-order chi connectivity index (χ0) is 14.4. The summed E-state index contributed by atoms with van der Waals surface area (Å²) in [5, 5.41) is 6.90. The van der Waals surface area contributed by atoms with Crippen molar-refractivity contribution in [2.24, 2.45) is 0 Å². The number of thiazole rings is 1. The summed E-state index contributed by atoms with van der Waals surface area (Å²) in [7, 11) is 0. The van der Waals surface area contributed by atoms with Gasteiger partial charge in [0.05, 0.1) is 23.9 Å². The summed E-state index contributed by atoms with van der Waals surface area (Å²) in [5.41, 5.74) is 0.313. The Labute approximate surface area is 121 Å². The van der Waals surface area contributed by atoms with Crippen LogP contribution in [0.5, 0.6) is 0 Å². The Bertz CT molecular complexity index is 566. The Morgan fingerprint density at radius 2 is 2.10 bits per heavy atom. The van der Waals surface area contributed by atoms with Crippen molar-refractivity contribution in [2.75, 3.05) is 11.9 Å². The van der Waals surface area contributed by atoms with E-state index in [0.29, 0.717) is 18.1 Å². The fraction of sp³-hybridized carbons (Fsp3) is 0.385. The average molecular weight is 291 g/mol. The summed E-state index contributed by atoms with van der Waals surface area (Å²) in [5.74, 6) is 0.451. The summed E-state index contributed by atoms with van der Waals surface area (Å²) in [4.78, 5) is 25.3. The number of nitrogens with one attached hydrogen (secondary N) is 2. The first-order valence-electron chi connectivity index (χ1n) is 6.44. The molecule has 0 radical (unpaired) electrons. The van der Waals surface area contributed by atoms with Gasteiger partial charge < -0.3 is 10.6 Å². The molecule has 2 heterocycles. The van der Waals surface area contributed by atoms with Gasteiger partial charge in [-0.15, -0.1) is 11.3 Å². The molecule has 20 heavy (non-hydrogen) atoms. The lowest BCUT2D eigenvalue weighted by Crippen LogP contribution is -2.23. The van der Waals surface area contributed by atoms with Gasteiger partial charge in [-0.05, 0) is 13.3 Å². The number of aromatic nitrogens is 3. The van der Waals surface area contributed by atoms with Crippen molar-refractivity contribution in [3.05, 3.63) is 34.2 Å². The molecule has 0 fully saturated rings. The summed E-state index contributed by atoms with van der Waals surface area (Å²) in [6.07, 6.45) is 5.83. The summed E-state index contributed by atoms with van der Waals surface area (Å²) < 4.78 is 0. The van der Waals surface area contributed by atoms with Gasteiger partial charge in [0, 0.05) is 17.6 Å². The highest BCUT2D eigenvalue weighted by Crippen LogP contribution is 2.11. The van der Waals surface area contributed by atoms with E-state index >= 15 is 0 Å². The molecule has 0 atom stereocenters. The Morgan fingerprint density at radius 3 is 2.70 bits per heavy atom. The molecule has 1 amide bonds. The van der Waals surface area contributed by atoms with Gasteiger partial charge in [0.1, 0.15) is 11.5 Å². The summed E-state index contributed by atoms with van der Waals surface area (Å²) in [6.45, 7) is 5.31. The molecule has 0 saturated carbocycles. The largest absolute Gasteiger partial charge is 0.369 e. The molecule has 0 aliphatic carbocycles. The molecule has 2 aromatic heterocycles. The topological polar surface area (TPSA) is 79.8 Å². The molecule has 2 aromatic rings. The van der Waals surface area contributed by atoms with Gasteiger partial charge in [-0.2, -0.15) is 0 Å². The lowest BCUT2D eigenvalue weighted by Gasteiger charge is -2.05. The van der Waals surface area contributed by atoms with Crippen molar-refractivity contribution in [2.45, 2.75) is 26.8 Å². The second-order valence-corrected chi connectivity index (χ2v) is 5.56. The van der Waals surface area contributed by atoms with Crippen molar-refractivity contribution in [3.8, 4) is 0 Å². The molecule has 0 aliphatic rings. The number of hydrogen-bond acceptors (Lipinski definition) is 6. The average Bonchev–Trinajstić information content (AvgIpc) is 2.89. The number of aryl methyl sites for hydroxylation is 1. The molecule has 2 rings (SSSR count). The van der Waals surface area contributed by atoms with E-state index in [1.165, 1.54) is 6.20 Å². The fourth-order valence-corrected chi connectivity index (χ4v) is 2.27. The Morgan fingerprint density at radius 1 is 1.25 bits per heavy atom. The number of hydrogen-bond donors (Lipinski definition) is 2. The van der Waals surface area contributed by atoms with E-state index in [-0.39, 0.29) is 5.91 Å². The highest BCUT2D eigenvalue weighted by atomic mass is 32.1. The highest BCUT2D eigenvalue weighted by Gasteiger charge is 2.08. The van der Waals surface area contributed by atoms with Crippen LogP contribution in [0.25, 0.3) is 0 Å². The lowest BCUT2D eigenvalue weighted by atomic mass is 10.4. The molecular weight excluding hydrogens is 274 g/mol. The first kappa shape index (κ1) is 14.4. The minimum absolute atomic E-state index is 0.231. The second-order valence-electron chi connectivity index (χ2n) is 4.24. The predicted molar refractivity (Wildman–Crippen MR) is 78.8 cm³/mol. The van der Waals surface area contributed by atoms with Crippen LogP contribution in [0.15, 0.2) is 18.6 Å². The molecule has 0 saturated heterocycles. The van der Waals surface area contributed by atoms with Gasteiger partial charge in [-0.25, -0.2) is 15.0 Å². The third kappa shape index (κ3) is 3.99. The monoisotopic (exact) mass is 291 g/mol. The van der Waals surface area contributed by atoms with Crippen LogP contribution < -0.4 is 10.6 Å². The van der Waals surface area contributed by atoms with Crippen LogP contribution >= 0.6 is 11.3 Å². The molecule has 2 N–H and O–H groups in total. The van der Waals surface area contributed by atoms with E-state index in [1.807, 2.05) is 6.92 Å². The van der Waals surface area contributed by atoms with Crippen LogP contribution in [0.4, 0.5) is 5.82 Å². The van der Waals surface area contributed by atoms with Crippen molar-refractivity contribution in [3.63, 3.8) is 0 Å². The zero-order valence-electron chi connectivity index (χ0n) is 11.5. The van der Waals surface area contributed by atoms with E-state index in [2.05, 4.69) is 32.5 Å². The number of anilines is 1. The van der Waals surface area contributed by atoms with E-state index in [0.717, 1.165) is 22.9 Å². The van der Waals surface area contributed by atoms with Gasteiger partial charge in [0.25, 0.3) is 5.91 Å². The first-order chi connectivity index (χ1) is 9.69. The number of amides is 1. The maximum Gasteiger partial charge on any atom is 0.271 e. The first-order valence-corrected chi connectivity index (χ1v) is 7.26. The fourth-order valence-electron chi connectivity index (χ4n) is 1.53. The molecule has 6 nitrogen and oxygen atoms in total. The predicted octanol–water partition coefficient (Wildman–Crippen LogP) is 1.99. The molecule has 0 bridgehead atoms. The smallest absolute Gasteiger partial charge is 0.271 e. The Hall–Kier alpha value is -2.02. The number of rotatable bonds is 6. The quantitative estimate of drug-likeness (QED) is 0.851. The van der Waals surface area contributed by atoms with Gasteiger partial charge in [-0.1, -0.05) is 6.92 Å². The molecular formula is C13H17N5OS. The van der Waals surface area contributed by atoms with Gasteiger partial charge >= 0.3 is 0 Å².